The first-order chi connectivity index (χ1) is 8.98. The summed E-state index contributed by atoms with van der Waals surface area (Å²) in [5.41, 5.74) is 0.561. The molecule has 2 rings (SSSR count). The highest BCUT2D eigenvalue weighted by Crippen LogP contribution is 2.23. The number of rotatable bonds is 5. The van der Waals surface area contributed by atoms with Crippen LogP contribution in [0.15, 0.2) is 39.9 Å². The van der Waals surface area contributed by atoms with Gasteiger partial charge in [-0.1, -0.05) is 22.8 Å². The van der Waals surface area contributed by atoms with Crippen LogP contribution in [0.3, 0.4) is 0 Å². The van der Waals surface area contributed by atoms with Gasteiger partial charge in [-0.2, -0.15) is 0 Å². The second kappa shape index (κ2) is 5.73. The topological polar surface area (TPSA) is 72.2 Å². The van der Waals surface area contributed by atoms with Crippen molar-refractivity contribution in [1.82, 2.24) is 10.5 Å². The Hall–Kier alpha value is -1.37. The highest BCUT2D eigenvalue weighted by Gasteiger charge is 2.15. The van der Waals surface area contributed by atoms with Crippen molar-refractivity contribution in [2.75, 3.05) is 6.26 Å². The molecule has 0 aliphatic carbocycles. The van der Waals surface area contributed by atoms with Gasteiger partial charge in [0.2, 0.25) is 0 Å². The van der Waals surface area contributed by atoms with Crippen molar-refractivity contribution in [2.24, 2.45) is 0 Å². The zero-order valence-corrected chi connectivity index (χ0v) is 11.8. The van der Waals surface area contributed by atoms with Crippen molar-refractivity contribution < 1.29 is 12.9 Å². The average molecular weight is 301 g/mol. The van der Waals surface area contributed by atoms with E-state index in [4.69, 9.17) is 16.1 Å². The Bertz CT molecular complexity index is 654. The summed E-state index contributed by atoms with van der Waals surface area (Å²) in [5, 5.41) is 7.08. The number of benzene rings is 1. The van der Waals surface area contributed by atoms with Crippen LogP contribution in [0.5, 0.6) is 0 Å². The van der Waals surface area contributed by atoms with Gasteiger partial charge in [0.25, 0.3) is 0 Å². The number of hydrogen-bond donors (Lipinski definition) is 1. The average Bonchev–Trinajstić information content (AvgIpc) is 2.82. The standard InChI is InChI=1S/C12H13ClN2O3S/c1-19(16,17)12-4-2-3-11(13)10(12)8-14-7-9-5-6-15-18-9/h2-6,14H,7-8H2,1H3. The minimum absolute atomic E-state index is 0.241. The van der Waals surface area contributed by atoms with Crippen molar-refractivity contribution in [3.05, 3.63) is 46.8 Å². The van der Waals surface area contributed by atoms with E-state index in [0.29, 0.717) is 29.4 Å². The second-order valence-electron chi connectivity index (χ2n) is 4.07. The number of nitrogens with zero attached hydrogens (tertiary/aromatic N) is 1. The molecule has 0 fully saturated rings. The molecule has 0 radical (unpaired) electrons. The molecule has 1 aromatic carbocycles. The summed E-state index contributed by atoms with van der Waals surface area (Å²) in [6.45, 7) is 0.789. The summed E-state index contributed by atoms with van der Waals surface area (Å²) in [6, 6.07) is 6.57. The van der Waals surface area contributed by atoms with Gasteiger partial charge in [-0.15, -0.1) is 0 Å². The number of aromatic nitrogens is 1. The molecule has 1 N–H and O–H groups in total. The highest BCUT2D eigenvalue weighted by molar-refractivity contribution is 7.90. The monoisotopic (exact) mass is 300 g/mol. The maximum Gasteiger partial charge on any atom is 0.175 e. The lowest BCUT2D eigenvalue weighted by atomic mass is 10.2. The number of sulfone groups is 1. The van der Waals surface area contributed by atoms with Crippen LogP contribution < -0.4 is 5.32 Å². The van der Waals surface area contributed by atoms with E-state index < -0.39 is 9.84 Å². The summed E-state index contributed by atoms with van der Waals surface area (Å²) >= 11 is 6.06. The minimum Gasteiger partial charge on any atom is -0.360 e. The quantitative estimate of drug-likeness (QED) is 0.914. The van der Waals surface area contributed by atoms with E-state index in [1.165, 1.54) is 6.26 Å². The fourth-order valence-corrected chi connectivity index (χ4v) is 2.95. The maximum atomic E-state index is 11.7. The van der Waals surface area contributed by atoms with Crippen LogP contribution in [0.2, 0.25) is 5.02 Å². The van der Waals surface area contributed by atoms with Gasteiger partial charge in [0.1, 0.15) is 5.76 Å². The SMILES string of the molecule is CS(=O)(=O)c1cccc(Cl)c1CNCc1ccno1. The molecule has 0 aliphatic heterocycles. The predicted octanol–water partition coefficient (Wildman–Crippen LogP) is 2.02. The molecule has 1 aromatic heterocycles. The maximum absolute atomic E-state index is 11.7. The first-order valence-corrected chi connectivity index (χ1v) is 7.83. The largest absolute Gasteiger partial charge is 0.360 e. The molecule has 19 heavy (non-hydrogen) atoms. The summed E-state index contributed by atoms with van der Waals surface area (Å²) in [7, 11) is -3.30. The molecular formula is C12H13ClN2O3S. The molecule has 0 saturated heterocycles. The normalized spacial score (nSPS) is 11.7. The molecular weight excluding hydrogens is 288 g/mol. The van der Waals surface area contributed by atoms with E-state index in [-0.39, 0.29) is 4.90 Å². The third kappa shape index (κ3) is 3.56. The predicted molar refractivity (Wildman–Crippen MR) is 71.6 cm³/mol. The summed E-state index contributed by atoms with van der Waals surface area (Å²) in [5.74, 6) is 0.674. The lowest BCUT2D eigenvalue weighted by Crippen LogP contribution is -2.15. The van der Waals surface area contributed by atoms with Gasteiger partial charge < -0.3 is 9.84 Å². The Morgan fingerprint density at radius 2 is 2.11 bits per heavy atom. The molecule has 0 spiro atoms. The van der Waals surface area contributed by atoms with Crippen molar-refractivity contribution >= 4 is 21.4 Å². The van der Waals surface area contributed by atoms with Gasteiger partial charge in [-0.25, -0.2) is 8.42 Å². The van der Waals surface area contributed by atoms with Gasteiger partial charge in [-0.3, -0.25) is 0 Å². The van der Waals surface area contributed by atoms with Crippen LogP contribution in [0.25, 0.3) is 0 Å². The van der Waals surface area contributed by atoms with E-state index >= 15 is 0 Å². The van der Waals surface area contributed by atoms with Crippen molar-refractivity contribution in [3.8, 4) is 0 Å². The zero-order valence-electron chi connectivity index (χ0n) is 10.3. The molecule has 0 saturated carbocycles. The Morgan fingerprint density at radius 1 is 1.32 bits per heavy atom. The highest BCUT2D eigenvalue weighted by atomic mass is 35.5. The van der Waals surface area contributed by atoms with Gasteiger partial charge in [-0.05, 0) is 12.1 Å². The first kappa shape index (κ1) is 14.0. The van der Waals surface area contributed by atoms with E-state index in [2.05, 4.69) is 10.5 Å². The van der Waals surface area contributed by atoms with E-state index in [9.17, 15) is 8.42 Å². The van der Waals surface area contributed by atoms with Crippen molar-refractivity contribution in [2.45, 2.75) is 18.0 Å². The Kier molecular flexibility index (Phi) is 4.24. The summed E-state index contributed by atoms with van der Waals surface area (Å²) < 4.78 is 28.3. The van der Waals surface area contributed by atoms with Gasteiger partial charge >= 0.3 is 0 Å². The zero-order chi connectivity index (χ0) is 13.9. The van der Waals surface area contributed by atoms with E-state index in [0.717, 1.165) is 0 Å². The molecule has 0 atom stereocenters. The Morgan fingerprint density at radius 3 is 2.74 bits per heavy atom. The Balaban J connectivity index is 2.15. The lowest BCUT2D eigenvalue weighted by Gasteiger charge is -2.10. The van der Waals surface area contributed by atoms with Crippen molar-refractivity contribution in [1.29, 1.82) is 0 Å². The van der Waals surface area contributed by atoms with Crippen molar-refractivity contribution in [3.63, 3.8) is 0 Å². The lowest BCUT2D eigenvalue weighted by molar-refractivity contribution is 0.372. The fraction of sp³-hybridized carbons (Fsp3) is 0.250. The molecule has 0 aliphatic rings. The second-order valence-corrected chi connectivity index (χ2v) is 6.46. The van der Waals surface area contributed by atoms with Gasteiger partial charge in [0.15, 0.2) is 9.84 Å². The number of hydrogen-bond acceptors (Lipinski definition) is 5. The number of halogens is 1. The first-order valence-electron chi connectivity index (χ1n) is 5.56. The molecule has 5 nitrogen and oxygen atoms in total. The third-order valence-electron chi connectivity index (χ3n) is 2.57. The molecule has 0 amide bonds. The van der Waals surface area contributed by atoms with Crippen LogP contribution in [-0.2, 0) is 22.9 Å². The third-order valence-corrected chi connectivity index (χ3v) is 4.10. The fourth-order valence-electron chi connectivity index (χ4n) is 1.70. The summed E-state index contributed by atoms with van der Waals surface area (Å²) in [4.78, 5) is 0.241. The Labute approximate surface area is 116 Å². The van der Waals surface area contributed by atoms with Crippen LogP contribution in [0.1, 0.15) is 11.3 Å². The van der Waals surface area contributed by atoms with Crippen LogP contribution in [0.4, 0.5) is 0 Å². The smallest absolute Gasteiger partial charge is 0.175 e. The molecule has 0 bridgehead atoms. The number of nitrogens with one attached hydrogen (secondary N) is 1. The van der Waals surface area contributed by atoms with Crippen LogP contribution in [-0.4, -0.2) is 19.8 Å². The van der Waals surface area contributed by atoms with Gasteiger partial charge in [0, 0.05) is 29.5 Å². The molecule has 1 heterocycles. The van der Waals surface area contributed by atoms with Crippen LogP contribution >= 0.6 is 11.6 Å². The van der Waals surface area contributed by atoms with E-state index in [1.54, 1.807) is 30.5 Å². The minimum atomic E-state index is -3.30. The molecule has 102 valence electrons. The molecule has 2 aromatic rings. The van der Waals surface area contributed by atoms with Gasteiger partial charge in [0.05, 0.1) is 17.6 Å². The molecule has 0 unspecified atom stereocenters. The molecule has 7 heteroatoms. The van der Waals surface area contributed by atoms with E-state index in [1.807, 2.05) is 0 Å². The summed E-state index contributed by atoms with van der Waals surface area (Å²) in [6.07, 6.45) is 2.72. The van der Waals surface area contributed by atoms with Crippen LogP contribution in [0, 0.1) is 0 Å².